The first-order valence-electron chi connectivity index (χ1n) is 7.44. The maximum atomic E-state index is 12.3. The van der Waals surface area contributed by atoms with Gasteiger partial charge in [0.15, 0.2) is 0 Å². The first kappa shape index (κ1) is 19.5. The summed E-state index contributed by atoms with van der Waals surface area (Å²) in [6, 6.07) is 3.49. The number of phenolic OH excluding ortho intramolecular Hbond substituents is 1. The molecule has 1 fully saturated rings. The van der Waals surface area contributed by atoms with Gasteiger partial charge >= 0.3 is 5.97 Å². The van der Waals surface area contributed by atoms with Crippen molar-refractivity contribution in [1.29, 1.82) is 0 Å². The van der Waals surface area contributed by atoms with E-state index in [1.807, 2.05) is 0 Å². The number of rotatable bonds is 6. The lowest BCUT2D eigenvalue weighted by Gasteiger charge is -2.44. The molecular weight excluding hydrogens is 362 g/mol. The smallest absolute Gasteiger partial charge is 0.353 e. The second-order valence-electron chi connectivity index (χ2n) is 5.63. The number of hydrogen-bond donors (Lipinski definition) is 5. The van der Waals surface area contributed by atoms with Crippen LogP contribution in [0.2, 0.25) is 0 Å². The molecule has 1 aliphatic heterocycles. The fraction of sp³-hybridized carbons (Fsp3) is 0.250. The van der Waals surface area contributed by atoms with Gasteiger partial charge in [-0.15, -0.1) is 0 Å². The largest absolute Gasteiger partial charge is 0.508 e. The molecule has 0 unspecified atom stereocenters. The molecule has 1 saturated heterocycles. The number of amides is 2. The Labute approximate surface area is 153 Å². The predicted molar refractivity (Wildman–Crippen MR) is 93.0 cm³/mol. The maximum absolute atomic E-state index is 12.3. The van der Waals surface area contributed by atoms with Crippen molar-refractivity contribution in [2.45, 2.75) is 24.4 Å². The quantitative estimate of drug-likeness (QED) is 0.194. The SMILES string of the molecule is CC(C=O)=C(C(=O)O)N1C(=O)[C@@H](NC(=O)[C@H](N)c2ccc(O)cc2)[C@H]1S. The lowest BCUT2D eigenvalue weighted by atomic mass is 10.0. The molecule has 0 saturated carbocycles. The average molecular weight is 379 g/mol. The Bertz CT molecular complexity index is 792. The van der Waals surface area contributed by atoms with E-state index in [0.29, 0.717) is 11.8 Å². The van der Waals surface area contributed by atoms with Crippen molar-refractivity contribution < 1.29 is 29.4 Å². The van der Waals surface area contributed by atoms with E-state index >= 15 is 0 Å². The number of nitrogens with one attached hydrogen (secondary N) is 1. The van der Waals surface area contributed by atoms with Gasteiger partial charge in [0.25, 0.3) is 5.91 Å². The zero-order chi connectivity index (χ0) is 19.6. The van der Waals surface area contributed by atoms with Crippen molar-refractivity contribution >= 4 is 36.7 Å². The molecule has 1 aromatic carbocycles. The number of benzene rings is 1. The van der Waals surface area contributed by atoms with E-state index in [9.17, 15) is 29.4 Å². The minimum Gasteiger partial charge on any atom is -0.508 e. The zero-order valence-corrected chi connectivity index (χ0v) is 14.5. The number of carbonyl (C=O) groups excluding carboxylic acids is 3. The fourth-order valence-electron chi connectivity index (χ4n) is 2.45. The number of β-lactam (4-membered cyclic amide) rings is 1. The molecule has 5 N–H and O–H groups in total. The Kier molecular flexibility index (Phi) is 5.68. The molecule has 138 valence electrons. The van der Waals surface area contributed by atoms with Gasteiger partial charge in [0.05, 0.1) is 0 Å². The molecule has 3 atom stereocenters. The van der Waals surface area contributed by atoms with Crippen LogP contribution in [0.4, 0.5) is 0 Å². The number of carboxylic acid groups (broad SMARTS) is 1. The normalized spacial score (nSPS) is 21.3. The molecular formula is C16H17N3O6S. The van der Waals surface area contributed by atoms with Crippen LogP contribution in [-0.2, 0) is 19.2 Å². The highest BCUT2D eigenvalue weighted by molar-refractivity contribution is 7.81. The highest BCUT2D eigenvalue weighted by Gasteiger charge is 2.50. The molecule has 0 aromatic heterocycles. The molecule has 2 amide bonds. The summed E-state index contributed by atoms with van der Waals surface area (Å²) in [5.74, 6) is -2.82. The molecule has 0 bridgehead atoms. The number of phenols is 1. The first-order valence-corrected chi connectivity index (χ1v) is 7.96. The molecule has 1 aromatic rings. The van der Waals surface area contributed by atoms with E-state index in [-0.39, 0.29) is 11.3 Å². The molecule has 2 rings (SSSR count). The van der Waals surface area contributed by atoms with Crippen LogP contribution in [-0.4, -0.2) is 50.6 Å². The number of carbonyl (C=O) groups is 4. The minimum absolute atomic E-state index is 0.0140. The van der Waals surface area contributed by atoms with Gasteiger partial charge in [-0.25, -0.2) is 4.79 Å². The predicted octanol–water partition coefficient (Wildman–Crippen LogP) is -0.468. The number of aromatic hydroxyl groups is 1. The van der Waals surface area contributed by atoms with E-state index in [4.69, 9.17) is 5.73 Å². The molecule has 0 aliphatic carbocycles. The van der Waals surface area contributed by atoms with Gasteiger partial charge in [0.2, 0.25) is 5.91 Å². The summed E-state index contributed by atoms with van der Waals surface area (Å²) in [7, 11) is 0. The molecule has 1 aliphatic rings. The Balaban J connectivity index is 2.11. The van der Waals surface area contributed by atoms with E-state index in [2.05, 4.69) is 17.9 Å². The van der Waals surface area contributed by atoms with Crippen LogP contribution in [0.3, 0.4) is 0 Å². The van der Waals surface area contributed by atoms with E-state index in [1.54, 1.807) is 0 Å². The molecule has 1 heterocycles. The third-order valence-electron chi connectivity index (χ3n) is 3.89. The van der Waals surface area contributed by atoms with E-state index < -0.39 is 40.9 Å². The Morgan fingerprint density at radius 3 is 2.38 bits per heavy atom. The third-order valence-corrected chi connectivity index (χ3v) is 4.42. The first-order chi connectivity index (χ1) is 12.2. The summed E-state index contributed by atoms with van der Waals surface area (Å²) >= 11 is 4.15. The van der Waals surface area contributed by atoms with E-state index in [0.717, 1.165) is 4.90 Å². The monoisotopic (exact) mass is 379 g/mol. The summed E-state index contributed by atoms with van der Waals surface area (Å²) in [6.07, 6.45) is 0.323. The van der Waals surface area contributed by atoms with E-state index in [1.165, 1.54) is 31.2 Å². The summed E-state index contributed by atoms with van der Waals surface area (Å²) < 4.78 is 0. The van der Waals surface area contributed by atoms with Crippen LogP contribution in [0.1, 0.15) is 18.5 Å². The van der Waals surface area contributed by atoms with Crippen LogP contribution in [0.5, 0.6) is 5.75 Å². The third kappa shape index (κ3) is 3.55. The van der Waals surface area contributed by atoms with Crippen LogP contribution in [0.15, 0.2) is 35.5 Å². The Morgan fingerprint density at radius 1 is 1.35 bits per heavy atom. The topological polar surface area (TPSA) is 150 Å². The fourth-order valence-corrected chi connectivity index (χ4v) is 2.88. The molecule has 0 radical (unpaired) electrons. The average Bonchev–Trinajstić information content (AvgIpc) is 2.62. The summed E-state index contributed by atoms with van der Waals surface area (Å²) in [5.41, 5.74) is 5.61. The Morgan fingerprint density at radius 2 is 1.92 bits per heavy atom. The van der Waals surface area contributed by atoms with Gasteiger partial charge in [0, 0.05) is 5.57 Å². The van der Waals surface area contributed by atoms with Crippen LogP contribution < -0.4 is 11.1 Å². The van der Waals surface area contributed by atoms with Gasteiger partial charge in [-0.05, 0) is 24.6 Å². The number of likely N-dealkylation sites (tertiary alicyclic amines) is 1. The number of carboxylic acids is 1. The van der Waals surface area contributed by atoms with Gasteiger partial charge in [0.1, 0.15) is 35.2 Å². The van der Waals surface area contributed by atoms with Crippen LogP contribution >= 0.6 is 12.6 Å². The van der Waals surface area contributed by atoms with Gasteiger partial charge in [-0.1, -0.05) is 12.1 Å². The Hall–Kier alpha value is -2.85. The number of thiol groups is 1. The molecule has 26 heavy (non-hydrogen) atoms. The van der Waals surface area contributed by atoms with Crippen LogP contribution in [0, 0.1) is 0 Å². The van der Waals surface area contributed by atoms with Crippen molar-refractivity contribution in [3.63, 3.8) is 0 Å². The van der Waals surface area contributed by atoms with Gasteiger partial charge < -0.3 is 21.3 Å². The van der Waals surface area contributed by atoms with Gasteiger partial charge in [-0.3, -0.25) is 19.3 Å². The number of nitrogens with zero attached hydrogens (tertiary/aromatic N) is 1. The zero-order valence-electron chi connectivity index (χ0n) is 13.6. The minimum atomic E-state index is -1.45. The van der Waals surface area contributed by atoms with Crippen molar-refractivity contribution in [3.8, 4) is 5.75 Å². The second-order valence-corrected chi connectivity index (χ2v) is 6.16. The highest BCUT2D eigenvalue weighted by Crippen LogP contribution is 2.30. The van der Waals surface area contributed by atoms with Crippen molar-refractivity contribution in [3.05, 3.63) is 41.1 Å². The summed E-state index contributed by atoms with van der Waals surface area (Å²) in [4.78, 5) is 47.5. The number of nitrogens with two attached hydrogens (primary N) is 1. The lowest BCUT2D eigenvalue weighted by molar-refractivity contribution is -0.150. The summed E-state index contributed by atoms with van der Waals surface area (Å²) in [5, 5.41) is 19.9. The van der Waals surface area contributed by atoms with Crippen LogP contribution in [0.25, 0.3) is 0 Å². The van der Waals surface area contributed by atoms with Crippen molar-refractivity contribution in [2.75, 3.05) is 0 Å². The highest BCUT2D eigenvalue weighted by atomic mass is 32.1. The van der Waals surface area contributed by atoms with Crippen molar-refractivity contribution in [1.82, 2.24) is 10.2 Å². The standard InChI is InChI=1S/C16H17N3O6S/c1-7(6-20)12(16(24)25)19-14(23)11(15(19)26)18-13(22)10(17)8-2-4-9(21)5-3-8/h2-6,10-11,15,21,26H,17H2,1H3,(H,18,22)(H,24,25)/t10-,11-,15-/m1/s1. The lowest BCUT2D eigenvalue weighted by Crippen LogP contribution is -2.69. The molecule has 9 nitrogen and oxygen atoms in total. The number of allylic oxidation sites excluding steroid dienone is 1. The number of hydrogen-bond acceptors (Lipinski definition) is 7. The summed E-state index contributed by atoms with van der Waals surface area (Å²) in [6.45, 7) is 1.26. The van der Waals surface area contributed by atoms with Crippen molar-refractivity contribution in [2.24, 2.45) is 5.73 Å². The second kappa shape index (κ2) is 7.58. The molecule has 0 spiro atoms. The molecule has 10 heteroatoms. The maximum Gasteiger partial charge on any atom is 0.353 e. The number of aliphatic carboxylic acids is 1. The number of aldehydes is 1. The van der Waals surface area contributed by atoms with Gasteiger partial charge in [-0.2, -0.15) is 12.6 Å².